The van der Waals surface area contributed by atoms with Crippen LogP contribution in [-0.4, -0.2) is 42.1 Å². The molecule has 0 aliphatic rings. The van der Waals surface area contributed by atoms with Crippen molar-refractivity contribution in [1.29, 1.82) is 0 Å². The number of amides is 1. The van der Waals surface area contributed by atoms with Crippen molar-refractivity contribution >= 4 is 11.6 Å². The zero-order valence-electron chi connectivity index (χ0n) is 15.9. The smallest absolute Gasteiger partial charge is 0.226 e. The van der Waals surface area contributed by atoms with Gasteiger partial charge in [-0.05, 0) is 37.1 Å². The quantitative estimate of drug-likeness (QED) is 0.699. The van der Waals surface area contributed by atoms with Gasteiger partial charge in [-0.3, -0.25) is 4.79 Å². The van der Waals surface area contributed by atoms with Gasteiger partial charge in [-0.15, -0.1) is 0 Å². The van der Waals surface area contributed by atoms with Gasteiger partial charge in [-0.25, -0.2) is 0 Å². The summed E-state index contributed by atoms with van der Waals surface area (Å²) in [6.45, 7) is 7.50. The van der Waals surface area contributed by atoms with Crippen LogP contribution in [0.25, 0.3) is 0 Å². The Morgan fingerprint density at radius 3 is 2.35 bits per heavy atom. The minimum Gasteiger partial charge on any atom is -0.508 e. The van der Waals surface area contributed by atoms with Gasteiger partial charge in [0.15, 0.2) is 0 Å². The molecular formula is C22H30N2O2. The zero-order valence-corrected chi connectivity index (χ0v) is 15.9. The number of rotatable bonds is 10. The van der Waals surface area contributed by atoms with Gasteiger partial charge >= 0.3 is 0 Å². The van der Waals surface area contributed by atoms with Crippen molar-refractivity contribution in [3.05, 3.63) is 60.2 Å². The van der Waals surface area contributed by atoms with E-state index in [2.05, 4.69) is 36.1 Å². The average molecular weight is 354 g/mol. The van der Waals surface area contributed by atoms with Crippen molar-refractivity contribution in [3.63, 3.8) is 0 Å². The fourth-order valence-corrected chi connectivity index (χ4v) is 3.07. The average Bonchev–Trinajstić information content (AvgIpc) is 2.66. The molecule has 2 aromatic carbocycles. The summed E-state index contributed by atoms with van der Waals surface area (Å²) in [6.07, 6.45) is 2.55. The minimum absolute atomic E-state index is 0.0788. The van der Waals surface area contributed by atoms with Crippen molar-refractivity contribution in [2.45, 2.75) is 33.1 Å². The Morgan fingerprint density at radius 1 is 0.923 bits per heavy atom. The van der Waals surface area contributed by atoms with Gasteiger partial charge < -0.3 is 14.9 Å². The second kappa shape index (κ2) is 10.6. The molecule has 4 heteroatoms. The molecule has 0 atom stereocenters. The maximum atomic E-state index is 12.4. The summed E-state index contributed by atoms with van der Waals surface area (Å²) in [5.74, 6) is 0.265. The fourth-order valence-electron chi connectivity index (χ4n) is 3.07. The number of phenols is 1. The summed E-state index contributed by atoms with van der Waals surface area (Å²) >= 11 is 0. The minimum atomic E-state index is 0.0788. The Hall–Kier alpha value is -2.33. The Bertz CT molecular complexity index is 673. The first-order chi connectivity index (χ1) is 12.6. The molecule has 0 radical (unpaired) electrons. The summed E-state index contributed by atoms with van der Waals surface area (Å²) in [7, 11) is 0. The highest BCUT2D eigenvalue weighted by Crippen LogP contribution is 2.20. The summed E-state index contributed by atoms with van der Waals surface area (Å²) in [6, 6.07) is 17.4. The number of phenolic OH excluding ortho intramolecular Hbond substituents is 1. The van der Waals surface area contributed by atoms with Crippen molar-refractivity contribution in [1.82, 2.24) is 4.90 Å². The number of carbonyl (C=O) groups is 1. The maximum absolute atomic E-state index is 12.4. The molecule has 0 aliphatic carbocycles. The molecule has 4 nitrogen and oxygen atoms in total. The second-order valence-corrected chi connectivity index (χ2v) is 6.50. The van der Waals surface area contributed by atoms with Crippen LogP contribution in [0, 0.1) is 0 Å². The lowest BCUT2D eigenvalue weighted by Gasteiger charge is -2.28. The van der Waals surface area contributed by atoms with Crippen LogP contribution in [0.5, 0.6) is 5.75 Å². The molecule has 26 heavy (non-hydrogen) atoms. The van der Waals surface area contributed by atoms with Crippen molar-refractivity contribution in [2.24, 2.45) is 0 Å². The van der Waals surface area contributed by atoms with Gasteiger partial charge in [-0.2, -0.15) is 0 Å². The van der Waals surface area contributed by atoms with E-state index in [1.807, 2.05) is 19.1 Å². The van der Waals surface area contributed by atoms with E-state index in [1.165, 1.54) is 5.56 Å². The number of aromatic hydroxyl groups is 1. The first-order valence-corrected chi connectivity index (χ1v) is 9.49. The molecule has 1 N–H and O–H groups in total. The predicted molar refractivity (Wildman–Crippen MR) is 108 cm³/mol. The zero-order chi connectivity index (χ0) is 18.8. The van der Waals surface area contributed by atoms with Crippen LogP contribution >= 0.6 is 0 Å². The molecule has 0 saturated heterocycles. The topological polar surface area (TPSA) is 43.8 Å². The molecule has 1 amide bonds. The normalized spacial score (nSPS) is 10.9. The lowest BCUT2D eigenvalue weighted by molar-refractivity contribution is -0.118. The highest BCUT2D eigenvalue weighted by atomic mass is 16.3. The monoisotopic (exact) mass is 354 g/mol. The lowest BCUT2D eigenvalue weighted by atomic mass is 10.1. The number of anilines is 1. The molecular weight excluding hydrogens is 324 g/mol. The van der Waals surface area contributed by atoms with Crippen molar-refractivity contribution in [3.8, 4) is 5.75 Å². The number of benzene rings is 2. The predicted octanol–water partition coefficient (Wildman–Crippen LogP) is 4.09. The summed E-state index contributed by atoms with van der Waals surface area (Å²) < 4.78 is 0. The third kappa shape index (κ3) is 6.19. The molecule has 0 fully saturated rings. The van der Waals surface area contributed by atoms with Crippen LogP contribution in [0.3, 0.4) is 0 Å². The van der Waals surface area contributed by atoms with E-state index in [-0.39, 0.29) is 11.7 Å². The molecule has 0 unspecified atom stereocenters. The summed E-state index contributed by atoms with van der Waals surface area (Å²) in [4.78, 5) is 16.6. The molecule has 140 valence electrons. The van der Waals surface area contributed by atoms with E-state index >= 15 is 0 Å². The second-order valence-electron chi connectivity index (χ2n) is 6.50. The van der Waals surface area contributed by atoms with E-state index in [1.54, 1.807) is 23.1 Å². The van der Waals surface area contributed by atoms with Gasteiger partial charge in [-0.1, -0.05) is 50.2 Å². The third-order valence-corrected chi connectivity index (χ3v) is 4.48. The molecule has 0 heterocycles. The van der Waals surface area contributed by atoms with E-state index in [4.69, 9.17) is 0 Å². The van der Waals surface area contributed by atoms with Gasteiger partial charge in [0.25, 0.3) is 0 Å². The van der Waals surface area contributed by atoms with Crippen LogP contribution in [0.15, 0.2) is 54.6 Å². The lowest BCUT2D eigenvalue weighted by Crippen LogP contribution is -2.39. The van der Waals surface area contributed by atoms with Crippen molar-refractivity contribution < 1.29 is 9.90 Å². The molecule has 0 saturated carbocycles. The Balaban J connectivity index is 2.00. The van der Waals surface area contributed by atoms with E-state index in [0.717, 1.165) is 38.2 Å². The van der Waals surface area contributed by atoms with E-state index in [0.29, 0.717) is 13.0 Å². The molecule has 0 aliphatic heterocycles. The molecule has 2 rings (SSSR count). The maximum Gasteiger partial charge on any atom is 0.226 e. The number of hydrogen-bond donors (Lipinski definition) is 1. The SMILES string of the molecule is CCCN(CCc1ccccc1)CCN(C(=O)CC)c1cccc(O)c1. The molecule has 2 aromatic rings. The van der Waals surface area contributed by atoms with Crippen LogP contribution in [0.2, 0.25) is 0 Å². The molecule has 0 spiro atoms. The largest absolute Gasteiger partial charge is 0.508 e. The van der Waals surface area contributed by atoms with Gasteiger partial charge in [0.05, 0.1) is 0 Å². The van der Waals surface area contributed by atoms with Gasteiger partial charge in [0.1, 0.15) is 5.75 Å². The Morgan fingerprint density at radius 2 is 1.69 bits per heavy atom. The number of carbonyl (C=O) groups excluding carboxylic acids is 1. The van der Waals surface area contributed by atoms with Gasteiger partial charge in [0, 0.05) is 37.8 Å². The third-order valence-electron chi connectivity index (χ3n) is 4.48. The summed E-state index contributed by atoms with van der Waals surface area (Å²) in [5.41, 5.74) is 2.10. The molecule has 0 aromatic heterocycles. The van der Waals surface area contributed by atoms with Crippen molar-refractivity contribution in [2.75, 3.05) is 31.1 Å². The highest BCUT2D eigenvalue weighted by Gasteiger charge is 2.16. The van der Waals surface area contributed by atoms with Crippen LogP contribution in [0.4, 0.5) is 5.69 Å². The first-order valence-electron chi connectivity index (χ1n) is 9.49. The van der Waals surface area contributed by atoms with Crippen LogP contribution in [0.1, 0.15) is 32.3 Å². The van der Waals surface area contributed by atoms with E-state index < -0.39 is 0 Å². The highest BCUT2D eigenvalue weighted by molar-refractivity contribution is 5.93. The Kier molecular flexibility index (Phi) is 8.16. The fraction of sp³-hybridized carbons (Fsp3) is 0.409. The number of hydrogen-bond acceptors (Lipinski definition) is 3. The van der Waals surface area contributed by atoms with E-state index in [9.17, 15) is 9.90 Å². The van der Waals surface area contributed by atoms with Crippen LogP contribution in [-0.2, 0) is 11.2 Å². The van der Waals surface area contributed by atoms with Gasteiger partial charge in [0.2, 0.25) is 5.91 Å². The summed E-state index contributed by atoms with van der Waals surface area (Å²) in [5, 5.41) is 9.74. The Labute approximate surface area is 157 Å². The standard InChI is InChI=1S/C22H30N2O2/c1-3-14-23(15-13-19-9-6-5-7-10-19)16-17-24(22(26)4-2)20-11-8-12-21(25)18-20/h5-12,18,25H,3-4,13-17H2,1-2H3. The number of nitrogens with zero attached hydrogens (tertiary/aromatic N) is 2. The first kappa shape index (κ1) is 20.0. The molecule has 0 bridgehead atoms. The van der Waals surface area contributed by atoms with Crippen LogP contribution < -0.4 is 4.90 Å².